The second-order valence-corrected chi connectivity index (χ2v) is 9.71. The first-order valence-corrected chi connectivity index (χ1v) is 11.1. The van der Waals surface area contributed by atoms with E-state index in [0.29, 0.717) is 11.1 Å². The number of benzene rings is 1. The zero-order valence-electron chi connectivity index (χ0n) is 18.8. The van der Waals surface area contributed by atoms with Gasteiger partial charge in [0, 0.05) is 0 Å². The van der Waals surface area contributed by atoms with Crippen LogP contribution in [0.4, 0.5) is 0 Å². The molecule has 1 amide bonds. The van der Waals surface area contributed by atoms with Crippen LogP contribution in [-0.2, 0) is 24.3 Å². The first-order valence-electron chi connectivity index (χ1n) is 9.65. The molecule has 0 aliphatic heterocycles. The summed E-state index contributed by atoms with van der Waals surface area (Å²) < 4.78 is 33.1. The molecule has 0 aliphatic rings. The summed E-state index contributed by atoms with van der Waals surface area (Å²) in [6.45, 7) is 12.9. The number of aryl methyl sites for hydroxylation is 2. The number of carbonyl (C=O) groups excluding carboxylic acids is 2. The van der Waals surface area contributed by atoms with E-state index in [2.05, 4.69) is 10.0 Å². The van der Waals surface area contributed by atoms with Crippen LogP contribution in [0.1, 0.15) is 49.9 Å². The Morgan fingerprint density at radius 1 is 1.13 bits per heavy atom. The number of carbonyl (C=O) groups is 2. The third-order valence-electron chi connectivity index (χ3n) is 5.38. The minimum Gasteiger partial charge on any atom is -0.454 e. The molecular weight excluding hydrogens is 406 g/mol. The Kier molecular flexibility index (Phi) is 8.17. The van der Waals surface area contributed by atoms with Gasteiger partial charge in [0.25, 0.3) is 5.91 Å². The number of nitrogens with one attached hydrogen (secondary N) is 2. The predicted octanol–water partition coefficient (Wildman–Crippen LogP) is 2.18. The number of rotatable bonds is 8. The summed E-state index contributed by atoms with van der Waals surface area (Å²) in [6.07, 6.45) is 0. The van der Waals surface area contributed by atoms with Crippen LogP contribution < -0.4 is 10.0 Å². The average molecular weight is 438 g/mol. The SMILES string of the molecule is Cc1cc(C)c(C)c(S(=O)(=O)N[C@@H](C)C(=O)OCC(=O)N[C@](C)(C#N)C(C)C)c1C. The highest BCUT2D eigenvalue weighted by molar-refractivity contribution is 7.89. The van der Waals surface area contributed by atoms with Crippen molar-refractivity contribution in [1.82, 2.24) is 10.0 Å². The lowest BCUT2D eigenvalue weighted by molar-refractivity contribution is -0.150. The van der Waals surface area contributed by atoms with Crippen molar-refractivity contribution in [3.63, 3.8) is 0 Å². The molecular formula is C21H31N3O5S. The van der Waals surface area contributed by atoms with Gasteiger partial charge in [-0.15, -0.1) is 0 Å². The van der Waals surface area contributed by atoms with Gasteiger partial charge in [-0.25, -0.2) is 8.42 Å². The van der Waals surface area contributed by atoms with Crippen molar-refractivity contribution < 1.29 is 22.7 Å². The molecule has 0 saturated heterocycles. The zero-order chi connectivity index (χ0) is 23.4. The molecule has 30 heavy (non-hydrogen) atoms. The van der Waals surface area contributed by atoms with Gasteiger partial charge in [0.1, 0.15) is 11.6 Å². The fraction of sp³-hybridized carbons (Fsp3) is 0.571. The topological polar surface area (TPSA) is 125 Å². The Hall–Kier alpha value is -2.44. The Labute approximate surface area is 179 Å². The van der Waals surface area contributed by atoms with E-state index in [-0.39, 0.29) is 10.8 Å². The first kappa shape index (κ1) is 25.6. The molecule has 8 nitrogen and oxygen atoms in total. The molecule has 0 aromatic heterocycles. The maximum absolute atomic E-state index is 12.9. The van der Waals surface area contributed by atoms with Crippen LogP contribution in [0, 0.1) is 44.9 Å². The van der Waals surface area contributed by atoms with Crippen LogP contribution in [0.5, 0.6) is 0 Å². The molecule has 1 aromatic rings. The normalized spacial score (nSPS) is 14.5. The third-order valence-corrected chi connectivity index (χ3v) is 7.20. The Bertz CT molecular complexity index is 953. The second kappa shape index (κ2) is 9.58. The molecule has 166 valence electrons. The minimum absolute atomic E-state index is 0.138. The zero-order valence-corrected chi connectivity index (χ0v) is 19.7. The number of hydrogen-bond donors (Lipinski definition) is 2. The molecule has 1 rings (SSSR count). The maximum atomic E-state index is 12.9. The van der Waals surface area contributed by atoms with E-state index in [1.165, 1.54) is 6.92 Å². The largest absolute Gasteiger partial charge is 0.454 e. The molecule has 0 spiro atoms. The summed E-state index contributed by atoms with van der Waals surface area (Å²) >= 11 is 0. The number of amides is 1. The van der Waals surface area contributed by atoms with Crippen LogP contribution in [0.15, 0.2) is 11.0 Å². The second-order valence-electron chi connectivity index (χ2n) is 8.06. The highest BCUT2D eigenvalue weighted by atomic mass is 32.2. The van der Waals surface area contributed by atoms with Gasteiger partial charge >= 0.3 is 5.97 Å². The molecule has 2 N–H and O–H groups in total. The molecule has 0 radical (unpaired) electrons. The highest BCUT2D eigenvalue weighted by Gasteiger charge is 2.31. The summed E-state index contributed by atoms with van der Waals surface area (Å²) in [7, 11) is -3.99. The van der Waals surface area contributed by atoms with Crippen molar-refractivity contribution in [2.45, 2.75) is 71.9 Å². The number of esters is 1. The number of ether oxygens (including phenoxy) is 1. The van der Waals surface area contributed by atoms with E-state index in [4.69, 9.17) is 4.74 Å². The van der Waals surface area contributed by atoms with Gasteiger partial charge in [0.2, 0.25) is 10.0 Å². The van der Waals surface area contributed by atoms with Gasteiger partial charge in [0.15, 0.2) is 6.61 Å². The van der Waals surface area contributed by atoms with Crippen LogP contribution in [0.2, 0.25) is 0 Å². The third kappa shape index (κ3) is 5.80. The van der Waals surface area contributed by atoms with Crippen molar-refractivity contribution in [2.75, 3.05) is 6.61 Å². The van der Waals surface area contributed by atoms with Gasteiger partial charge in [-0.3, -0.25) is 9.59 Å². The number of hydrogen-bond acceptors (Lipinski definition) is 6. The van der Waals surface area contributed by atoms with E-state index < -0.39 is 40.1 Å². The van der Waals surface area contributed by atoms with Gasteiger partial charge < -0.3 is 10.1 Å². The van der Waals surface area contributed by atoms with Crippen molar-refractivity contribution >= 4 is 21.9 Å². The van der Waals surface area contributed by atoms with E-state index in [0.717, 1.165) is 11.1 Å². The van der Waals surface area contributed by atoms with E-state index in [9.17, 15) is 23.3 Å². The Balaban J connectivity index is 2.87. The average Bonchev–Trinajstić information content (AvgIpc) is 2.63. The molecule has 0 fully saturated rings. The molecule has 0 aliphatic carbocycles. The van der Waals surface area contributed by atoms with Crippen LogP contribution in [-0.4, -0.2) is 38.5 Å². The van der Waals surface area contributed by atoms with Gasteiger partial charge in [-0.2, -0.15) is 9.98 Å². The summed E-state index contributed by atoms with van der Waals surface area (Å²) in [5.74, 6) is -1.69. The highest BCUT2D eigenvalue weighted by Crippen LogP contribution is 2.26. The smallest absolute Gasteiger partial charge is 0.324 e. The molecule has 2 atom stereocenters. The Morgan fingerprint density at radius 2 is 1.63 bits per heavy atom. The molecule has 0 heterocycles. The lowest BCUT2D eigenvalue weighted by Crippen LogP contribution is -2.50. The fourth-order valence-corrected chi connectivity index (χ4v) is 4.62. The van der Waals surface area contributed by atoms with Gasteiger partial charge in [-0.1, -0.05) is 19.9 Å². The quantitative estimate of drug-likeness (QED) is 0.601. The molecule has 0 bridgehead atoms. The Morgan fingerprint density at radius 3 is 2.07 bits per heavy atom. The fourth-order valence-electron chi connectivity index (χ4n) is 2.81. The summed E-state index contributed by atoms with van der Waals surface area (Å²) in [5, 5.41) is 11.8. The van der Waals surface area contributed by atoms with Crippen molar-refractivity contribution in [2.24, 2.45) is 5.92 Å². The van der Waals surface area contributed by atoms with E-state index in [1.54, 1.807) is 34.6 Å². The molecule has 1 aromatic carbocycles. The summed E-state index contributed by atoms with van der Waals surface area (Å²) in [5.41, 5.74) is 1.77. The van der Waals surface area contributed by atoms with Crippen molar-refractivity contribution in [3.8, 4) is 6.07 Å². The van der Waals surface area contributed by atoms with E-state index >= 15 is 0 Å². The minimum atomic E-state index is -3.99. The summed E-state index contributed by atoms with van der Waals surface area (Å²) in [4.78, 5) is 24.4. The van der Waals surface area contributed by atoms with Gasteiger partial charge in [0.05, 0.1) is 11.0 Å². The first-order chi connectivity index (χ1) is 13.7. The van der Waals surface area contributed by atoms with E-state index in [1.807, 2.05) is 26.0 Å². The number of nitrogens with zero attached hydrogens (tertiary/aromatic N) is 1. The van der Waals surface area contributed by atoms with Gasteiger partial charge in [-0.05, 0) is 69.7 Å². The molecule has 0 unspecified atom stereocenters. The standard InChI is InChI=1S/C21H31N3O5S/c1-12(2)21(8,11-22)23-18(25)10-29-20(26)17(7)24-30(27,28)19-15(5)13(3)9-14(4)16(19)6/h9,12,17,24H,10H2,1-8H3,(H,23,25)/t17-,21+/m0/s1. The lowest BCUT2D eigenvalue weighted by atomic mass is 9.90. The summed E-state index contributed by atoms with van der Waals surface area (Å²) in [6, 6.07) is 2.73. The maximum Gasteiger partial charge on any atom is 0.324 e. The molecule has 9 heteroatoms. The number of sulfonamides is 1. The van der Waals surface area contributed by atoms with Crippen molar-refractivity contribution in [3.05, 3.63) is 28.3 Å². The predicted molar refractivity (Wildman–Crippen MR) is 113 cm³/mol. The van der Waals surface area contributed by atoms with Crippen LogP contribution in [0.3, 0.4) is 0 Å². The van der Waals surface area contributed by atoms with Crippen molar-refractivity contribution in [1.29, 1.82) is 5.26 Å². The number of nitriles is 1. The van der Waals surface area contributed by atoms with Crippen LogP contribution >= 0.6 is 0 Å². The van der Waals surface area contributed by atoms with Crippen LogP contribution in [0.25, 0.3) is 0 Å². The molecule has 0 saturated carbocycles. The monoisotopic (exact) mass is 437 g/mol. The lowest BCUT2D eigenvalue weighted by Gasteiger charge is -2.27.